The Balaban J connectivity index is 2.51. The van der Waals surface area contributed by atoms with Crippen molar-refractivity contribution in [1.29, 1.82) is 0 Å². The number of rotatable bonds is 6. The van der Waals surface area contributed by atoms with Gasteiger partial charge in [0.05, 0.1) is 11.0 Å². The van der Waals surface area contributed by atoms with Crippen LogP contribution in [0.15, 0.2) is 24.3 Å². The van der Waals surface area contributed by atoms with Gasteiger partial charge in [0, 0.05) is 18.7 Å². The number of nitrogens with zero attached hydrogens (tertiary/aromatic N) is 1. The summed E-state index contributed by atoms with van der Waals surface area (Å²) in [7, 11) is 0. The number of amides is 1. The molecule has 0 aliphatic carbocycles. The first-order chi connectivity index (χ1) is 9.40. The third-order valence-corrected chi connectivity index (χ3v) is 2.41. The minimum Gasteiger partial charge on any atom is -0.447 e. The SMILES string of the molecule is CC(C)OC(=O)N[C@H](C)CNc1ccccc1[N+](=O)[O-]. The van der Waals surface area contributed by atoms with Crippen molar-refractivity contribution in [3.63, 3.8) is 0 Å². The predicted molar refractivity (Wildman–Crippen MR) is 75.8 cm³/mol. The first-order valence-electron chi connectivity index (χ1n) is 6.34. The van der Waals surface area contributed by atoms with Crippen molar-refractivity contribution in [1.82, 2.24) is 5.32 Å². The molecule has 0 fully saturated rings. The van der Waals surface area contributed by atoms with Crippen LogP contribution in [0.2, 0.25) is 0 Å². The van der Waals surface area contributed by atoms with E-state index in [1.165, 1.54) is 6.07 Å². The van der Waals surface area contributed by atoms with E-state index in [0.717, 1.165) is 0 Å². The lowest BCUT2D eigenvalue weighted by atomic mass is 10.2. The molecule has 0 heterocycles. The van der Waals surface area contributed by atoms with Crippen molar-refractivity contribution >= 4 is 17.5 Å². The summed E-state index contributed by atoms with van der Waals surface area (Å²) in [6, 6.07) is 6.14. The first kappa shape index (κ1) is 15.7. The molecule has 0 saturated heterocycles. The molecule has 0 radical (unpaired) electrons. The third-order valence-electron chi connectivity index (χ3n) is 2.41. The second kappa shape index (κ2) is 7.32. The second-order valence-corrected chi connectivity index (χ2v) is 4.65. The maximum atomic E-state index is 11.4. The number of nitro groups is 1. The standard InChI is InChI=1S/C13H19N3O4/c1-9(2)20-13(17)15-10(3)8-14-11-6-4-5-7-12(11)16(18)19/h4-7,9-10,14H,8H2,1-3H3,(H,15,17)/t10-/m1/s1. The molecule has 0 spiro atoms. The van der Waals surface area contributed by atoms with E-state index < -0.39 is 11.0 Å². The van der Waals surface area contributed by atoms with Crippen molar-refractivity contribution < 1.29 is 14.5 Å². The maximum Gasteiger partial charge on any atom is 0.407 e. The summed E-state index contributed by atoms with van der Waals surface area (Å²) in [5.74, 6) is 0. The number of hydrogen-bond acceptors (Lipinski definition) is 5. The quantitative estimate of drug-likeness (QED) is 0.617. The number of ether oxygens (including phenoxy) is 1. The van der Waals surface area contributed by atoms with Gasteiger partial charge in [-0.15, -0.1) is 0 Å². The van der Waals surface area contributed by atoms with Crippen LogP contribution in [0.5, 0.6) is 0 Å². The van der Waals surface area contributed by atoms with Crippen molar-refractivity contribution in [2.45, 2.75) is 32.9 Å². The molecule has 1 aromatic carbocycles. The summed E-state index contributed by atoms with van der Waals surface area (Å²) in [5.41, 5.74) is 0.424. The Bertz CT molecular complexity index is 476. The monoisotopic (exact) mass is 281 g/mol. The minimum absolute atomic E-state index is 0.00413. The minimum atomic E-state index is -0.503. The van der Waals surface area contributed by atoms with Crippen LogP contribution in [0.1, 0.15) is 20.8 Å². The highest BCUT2D eigenvalue weighted by atomic mass is 16.6. The van der Waals surface area contributed by atoms with Gasteiger partial charge >= 0.3 is 6.09 Å². The predicted octanol–water partition coefficient (Wildman–Crippen LogP) is 2.53. The van der Waals surface area contributed by atoms with Crippen LogP contribution in [0.25, 0.3) is 0 Å². The van der Waals surface area contributed by atoms with E-state index in [9.17, 15) is 14.9 Å². The van der Waals surface area contributed by atoms with E-state index in [4.69, 9.17) is 4.74 Å². The van der Waals surface area contributed by atoms with Gasteiger partial charge in [-0.25, -0.2) is 4.79 Å². The van der Waals surface area contributed by atoms with Gasteiger partial charge in [-0.3, -0.25) is 10.1 Å². The van der Waals surface area contributed by atoms with Crippen LogP contribution in [0, 0.1) is 10.1 Å². The van der Waals surface area contributed by atoms with E-state index >= 15 is 0 Å². The summed E-state index contributed by atoms with van der Waals surface area (Å²) in [6.45, 7) is 5.66. The van der Waals surface area contributed by atoms with Crippen LogP contribution in [-0.4, -0.2) is 29.7 Å². The van der Waals surface area contributed by atoms with Gasteiger partial charge in [0.1, 0.15) is 5.69 Å². The topological polar surface area (TPSA) is 93.5 Å². The number of anilines is 1. The molecule has 0 bridgehead atoms. The second-order valence-electron chi connectivity index (χ2n) is 4.65. The smallest absolute Gasteiger partial charge is 0.407 e. The molecule has 7 heteroatoms. The molecule has 0 unspecified atom stereocenters. The van der Waals surface area contributed by atoms with Gasteiger partial charge in [0.15, 0.2) is 0 Å². The van der Waals surface area contributed by atoms with Crippen molar-refractivity contribution in [2.75, 3.05) is 11.9 Å². The molecule has 110 valence electrons. The van der Waals surface area contributed by atoms with Crippen LogP contribution in [0.3, 0.4) is 0 Å². The molecule has 1 atom stereocenters. The Morgan fingerprint density at radius 3 is 2.60 bits per heavy atom. The lowest BCUT2D eigenvalue weighted by Gasteiger charge is -2.16. The van der Waals surface area contributed by atoms with E-state index in [1.54, 1.807) is 39.0 Å². The van der Waals surface area contributed by atoms with Crippen LogP contribution >= 0.6 is 0 Å². The van der Waals surface area contributed by atoms with Crippen molar-refractivity contribution in [2.24, 2.45) is 0 Å². The lowest BCUT2D eigenvalue weighted by molar-refractivity contribution is -0.384. The zero-order chi connectivity index (χ0) is 15.1. The van der Waals surface area contributed by atoms with E-state index in [1.807, 2.05) is 0 Å². The summed E-state index contributed by atoms with van der Waals surface area (Å²) in [6.07, 6.45) is -0.692. The Hall–Kier alpha value is -2.31. The van der Waals surface area contributed by atoms with Crippen LogP contribution in [-0.2, 0) is 4.74 Å². The Kier molecular flexibility index (Phi) is 5.76. The number of hydrogen-bond donors (Lipinski definition) is 2. The Morgan fingerprint density at radius 2 is 2.00 bits per heavy atom. The highest BCUT2D eigenvalue weighted by Gasteiger charge is 2.14. The van der Waals surface area contributed by atoms with Gasteiger partial charge < -0.3 is 15.4 Å². The van der Waals surface area contributed by atoms with E-state index in [0.29, 0.717) is 12.2 Å². The molecule has 7 nitrogen and oxygen atoms in total. The summed E-state index contributed by atoms with van der Waals surface area (Å²) >= 11 is 0. The largest absolute Gasteiger partial charge is 0.447 e. The fraction of sp³-hybridized carbons (Fsp3) is 0.462. The number of nitrogens with one attached hydrogen (secondary N) is 2. The summed E-state index contributed by atoms with van der Waals surface area (Å²) < 4.78 is 4.95. The number of benzene rings is 1. The molecule has 0 aliphatic rings. The molecule has 2 N–H and O–H groups in total. The molecule has 20 heavy (non-hydrogen) atoms. The highest BCUT2D eigenvalue weighted by Crippen LogP contribution is 2.22. The van der Waals surface area contributed by atoms with Gasteiger partial charge in [-0.2, -0.15) is 0 Å². The molecule has 0 aliphatic heterocycles. The fourth-order valence-electron chi connectivity index (χ4n) is 1.55. The molecule has 1 rings (SSSR count). The van der Waals surface area contributed by atoms with Gasteiger partial charge in [0.2, 0.25) is 0 Å². The summed E-state index contributed by atoms with van der Waals surface area (Å²) in [4.78, 5) is 21.8. The summed E-state index contributed by atoms with van der Waals surface area (Å²) in [5, 5.41) is 16.4. The molecule has 1 amide bonds. The van der Waals surface area contributed by atoms with Crippen LogP contribution < -0.4 is 10.6 Å². The number of nitro benzene ring substituents is 1. The average Bonchev–Trinajstić information content (AvgIpc) is 2.35. The molecule has 0 saturated carbocycles. The molecule has 0 aromatic heterocycles. The molecule has 1 aromatic rings. The van der Waals surface area contributed by atoms with Gasteiger partial charge in [-0.05, 0) is 26.8 Å². The zero-order valence-electron chi connectivity index (χ0n) is 11.8. The number of carbonyl (C=O) groups excluding carboxylic acids is 1. The fourth-order valence-corrected chi connectivity index (χ4v) is 1.55. The number of alkyl carbamates (subject to hydrolysis) is 1. The number of carbonyl (C=O) groups is 1. The van der Waals surface area contributed by atoms with Crippen LogP contribution in [0.4, 0.5) is 16.2 Å². The lowest BCUT2D eigenvalue weighted by Crippen LogP contribution is -2.38. The van der Waals surface area contributed by atoms with Gasteiger partial charge in [0.25, 0.3) is 5.69 Å². The van der Waals surface area contributed by atoms with E-state index in [2.05, 4.69) is 10.6 Å². The van der Waals surface area contributed by atoms with Gasteiger partial charge in [-0.1, -0.05) is 12.1 Å². The molecular weight excluding hydrogens is 262 g/mol. The Labute approximate surface area is 117 Å². The van der Waals surface area contributed by atoms with Crippen molar-refractivity contribution in [3.8, 4) is 0 Å². The van der Waals surface area contributed by atoms with E-state index in [-0.39, 0.29) is 17.8 Å². The maximum absolute atomic E-state index is 11.4. The normalized spacial score (nSPS) is 11.8. The first-order valence-corrected chi connectivity index (χ1v) is 6.34. The number of para-hydroxylation sites is 2. The third kappa shape index (κ3) is 5.13. The zero-order valence-corrected chi connectivity index (χ0v) is 11.8. The highest BCUT2D eigenvalue weighted by molar-refractivity contribution is 5.68. The average molecular weight is 281 g/mol. The Morgan fingerprint density at radius 1 is 1.35 bits per heavy atom. The van der Waals surface area contributed by atoms with Crippen molar-refractivity contribution in [3.05, 3.63) is 34.4 Å². The molecular formula is C13H19N3O4.